The molecule has 3 saturated heterocycles. The Balaban J connectivity index is 1.31. The van der Waals surface area contributed by atoms with Gasteiger partial charge in [-0.25, -0.2) is 9.89 Å². The molecule has 0 saturated carbocycles. The number of rotatable bonds is 3. The van der Waals surface area contributed by atoms with Gasteiger partial charge in [-0.2, -0.15) is 5.10 Å². The second-order valence-electron chi connectivity index (χ2n) is 6.52. The summed E-state index contributed by atoms with van der Waals surface area (Å²) in [6.45, 7) is 1.14. The van der Waals surface area contributed by atoms with Crippen LogP contribution in [0.3, 0.4) is 0 Å². The molecule has 2 N–H and O–H groups in total. The second-order valence-corrected chi connectivity index (χ2v) is 6.90. The van der Waals surface area contributed by atoms with Gasteiger partial charge in [0.05, 0.1) is 36.7 Å². The molecule has 3 fully saturated rings. The highest BCUT2D eigenvalue weighted by Crippen LogP contribution is 2.34. The fraction of sp³-hybridized carbons (Fsp3) is 0.667. The van der Waals surface area contributed by atoms with Crippen molar-refractivity contribution < 1.29 is 14.3 Å². The molecule has 0 aliphatic carbocycles. The van der Waals surface area contributed by atoms with E-state index in [0.717, 1.165) is 19.3 Å². The van der Waals surface area contributed by atoms with Crippen molar-refractivity contribution in [2.45, 2.75) is 50.0 Å². The fourth-order valence-corrected chi connectivity index (χ4v) is 3.97. The summed E-state index contributed by atoms with van der Waals surface area (Å²) in [6, 6.07) is 0.0556. The molecule has 1 aromatic rings. The first-order chi connectivity index (χ1) is 11.6. The number of nitrogens with zero attached hydrogens (tertiary/aromatic N) is 2. The van der Waals surface area contributed by atoms with E-state index in [9.17, 15) is 9.59 Å². The minimum Gasteiger partial charge on any atom is -0.444 e. The number of anilines is 1. The zero-order chi connectivity index (χ0) is 16.7. The molecule has 3 unspecified atom stereocenters. The van der Waals surface area contributed by atoms with Crippen LogP contribution in [-0.2, 0) is 9.47 Å². The number of halogens is 1. The van der Waals surface area contributed by atoms with Gasteiger partial charge in [0.25, 0.3) is 5.56 Å². The quantitative estimate of drug-likeness (QED) is 0.842. The van der Waals surface area contributed by atoms with Crippen molar-refractivity contribution >= 4 is 23.4 Å². The van der Waals surface area contributed by atoms with E-state index in [0.29, 0.717) is 25.2 Å². The van der Waals surface area contributed by atoms with Crippen molar-refractivity contribution in [2.24, 2.45) is 0 Å². The number of carbonyl (C=O) groups excluding carboxylic acids is 1. The van der Waals surface area contributed by atoms with Crippen LogP contribution in [0.1, 0.15) is 25.7 Å². The van der Waals surface area contributed by atoms with Gasteiger partial charge >= 0.3 is 6.09 Å². The van der Waals surface area contributed by atoms with Gasteiger partial charge in [-0.15, -0.1) is 0 Å². The molecule has 8 nitrogen and oxygen atoms in total. The van der Waals surface area contributed by atoms with Crippen LogP contribution < -0.4 is 15.8 Å². The minimum atomic E-state index is -0.424. The summed E-state index contributed by atoms with van der Waals surface area (Å²) in [6.07, 6.45) is 4.92. The summed E-state index contributed by atoms with van der Waals surface area (Å²) >= 11 is 6.02. The van der Waals surface area contributed by atoms with Crippen LogP contribution in [-0.4, -0.2) is 53.7 Å². The van der Waals surface area contributed by atoms with E-state index in [1.165, 1.54) is 6.20 Å². The van der Waals surface area contributed by atoms with Crippen LogP contribution in [0, 0.1) is 0 Å². The molecule has 4 atom stereocenters. The van der Waals surface area contributed by atoms with E-state index in [1.807, 2.05) is 4.90 Å². The van der Waals surface area contributed by atoms with Crippen molar-refractivity contribution in [1.29, 1.82) is 0 Å². The maximum Gasteiger partial charge on any atom is 0.407 e. The second kappa shape index (κ2) is 6.25. The fourth-order valence-electron chi connectivity index (χ4n) is 3.76. The third kappa shape index (κ3) is 2.95. The topological polar surface area (TPSA) is 96.6 Å². The summed E-state index contributed by atoms with van der Waals surface area (Å²) in [5, 5.41) is 9.08. The Hall–Kier alpha value is -1.80. The molecular weight excluding hydrogens is 336 g/mol. The van der Waals surface area contributed by atoms with Gasteiger partial charge in [0.1, 0.15) is 11.1 Å². The van der Waals surface area contributed by atoms with Crippen molar-refractivity contribution in [3.8, 4) is 0 Å². The minimum absolute atomic E-state index is 0.0556. The maximum absolute atomic E-state index is 12.1. The lowest BCUT2D eigenvalue weighted by Gasteiger charge is -2.22. The van der Waals surface area contributed by atoms with Crippen LogP contribution in [0.4, 0.5) is 10.5 Å². The number of carbonyl (C=O) groups is 1. The molecule has 0 spiro atoms. The Morgan fingerprint density at radius 2 is 2.33 bits per heavy atom. The lowest BCUT2D eigenvalue weighted by Crippen LogP contribution is -2.43. The Bertz CT molecular complexity index is 696. The van der Waals surface area contributed by atoms with Crippen molar-refractivity contribution in [3.63, 3.8) is 0 Å². The summed E-state index contributed by atoms with van der Waals surface area (Å²) in [5.41, 5.74) is 0.140. The highest BCUT2D eigenvalue weighted by Gasteiger charge is 2.42. The summed E-state index contributed by atoms with van der Waals surface area (Å²) < 4.78 is 11.2. The number of aromatic nitrogens is 2. The first-order valence-electron chi connectivity index (χ1n) is 8.21. The van der Waals surface area contributed by atoms with Crippen LogP contribution in [0.2, 0.25) is 5.02 Å². The lowest BCUT2D eigenvalue weighted by atomic mass is 9.96. The Labute approximate surface area is 143 Å². The van der Waals surface area contributed by atoms with E-state index < -0.39 is 11.7 Å². The van der Waals surface area contributed by atoms with Crippen molar-refractivity contribution in [3.05, 3.63) is 21.6 Å². The monoisotopic (exact) mass is 354 g/mol. The number of alkyl carbamates (subject to hydrolysis) is 1. The molecule has 4 rings (SSSR count). The van der Waals surface area contributed by atoms with Gasteiger partial charge in [0.15, 0.2) is 0 Å². The standard InChI is InChI=1S/C15H19ClN4O4/c16-13-11(6-17-19-14(13)21)20-4-3-9(7-20)24-15(22)18-10-5-8-1-2-12(10)23-8/h6,8-10,12H,1-5,7H2,(H,18,22)(H,19,21)/t8?,9-,10?,12?/m1/s1. The largest absolute Gasteiger partial charge is 0.444 e. The highest BCUT2D eigenvalue weighted by atomic mass is 35.5. The van der Waals surface area contributed by atoms with Crippen LogP contribution in [0.25, 0.3) is 0 Å². The van der Waals surface area contributed by atoms with Crippen LogP contribution in [0.5, 0.6) is 0 Å². The van der Waals surface area contributed by atoms with E-state index >= 15 is 0 Å². The normalized spacial score (nSPS) is 31.5. The molecule has 1 amide bonds. The van der Waals surface area contributed by atoms with E-state index in [-0.39, 0.29) is 29.4 Å². The zero-order valence-corrected chi connectivity index (χ0v) is 13.8. The first kappa shape index (κ1) is 15.7. The molecule has 3 aliphatic heterocycles. The van der Waals surface area contributed by atoms with Crippen LogP contribution in [0.15, 0.2) is 11.0 Å². The summed E-state index contributed by atoms with van der Waals surface area (Å²) in [7, 11) is 0. The molecule has 0 aromatic carbocycles. The smallest absolute Gasteiger partial charge is 0.407 e. The maximum atomic E-state index is 12.1. The lowest BCUT2D eigenvalue weighted by molar-refractivity contribution is 0.0852. The molecule has 130 valence electrons. The molecule has 1 aromatic heterocycles. The van der Waals surface area contributed by atoms with Gasteiger partial charge in [-0.05, 0) is 19.3 Å². The van der Waals surface area contributed by atoms with Crippen LogP contribution >= 0.6 is 11.6 Å². The Kier molecular flexibility index (Phi) is 4.09. The molecule has 3 aliphatic rings. The first-order valence-corrected chi connectivity index (χ1v) is 8.58. The summed E-state index contributed by atoms with van der Waals surface area (Å²) in [4.78, 5) is 25.5. The predicted octanol–water partition coefficient (Wildman–Crippen LogP) is 1.05. The molecule has 9 heteroatoms. The van der Waals surface area contributed by atoms with Gasteiger partial charge in [-0.1, -0.05) is 11.6 Å². The van der Waals surface area contributed by atoms with Gasteiger partial charge in [0, 0.05) is 13.0 Å². The Morgan fingerprint density at radius 3 is 3.08 bits per heavy atom. The molecular formula is C15H19ClN4O4. The molecule has 2 bridgehead atoms. The number of nitrogens with one attached hydrogen (secondary N) is 2. The van der Waals surface area contributed by atoms with Crippen molar-refractivity contribution in [2.75, 3.05) is 18.0 Å². The number of aromatic amines is 1. The zero-order valence-electron chi connectivity index (χ0n) is 13.0. The summed E-state index contributed by atoms with van der Waals surface area (Å²) in [5.74, 6) is 0. The average Bonchev–Trinajstić information content (AvgIpc) is 3.27. The third-order valence-corrected chi connectivity index (χ3v) is 5.31. The number of amides is 1. The number of hydrogen-bond donors (Lipinski definition) is 2. The van der Waals surface area contributed by atoms with E-state index in [4.69, 9.17) is 21.1 Å². The van der Waals surface area contributed by atoms with Gasteiger partial charge in [-0.3, -0.25) is 4.79 Å². The predicted molar refractivity (Wildman–Crippen MR) is 86.4 cm³/mol. The van der Waals surface area contributed by atoms with Gasteiger partial charge in [0.2, 0.25) is 0 Å². The number of fused-ring (bicyclic) bond motifs is 2. The Morgan fingerprint density at radius 1 is 1.46 bits per heavy atom. The number of hydrogen-bond acceptors (Lipinski definition) is 6. The highest BCUT2D eigenvalue weighted by molar-refractivity contribution is 6.33. The van der Waals surface area contributed by atoms with E-state index in [1.54, 1.807) is 0 Å². The van der Waals surface area contributed by atoms with E-state index in [2.05, 4.69) is 15.5 Å². The number of H-pyrrole nitrogens is 1. The van der Waals surface area contributed by atoms with Crippen molar-refractivity contribution in [1.82, 2.24) is 15.5 Å². The third-order valence-electron chi connectivity index (χ3n) is 4.95. The molecule has 24 heavy (non-hydrogen) atoms. The SMILES string of the molecule is O=C(NC1CC2CCC1O2)O[C@@H]1CCN(c2cn[nH]c(=O)c2Cl)C1. The molecule has 4 heterocycles. The van der Waals surface area contributed by atoms with Gasteiger partial charge < -0.3 is 19.7 Å². The average molecular weight is 355 g/mol. The molecule has 0 radical (unpaired) electrons. The number of ether oxygens (including phenoxy) is 2.